The van der Waals surface area contributed by atoms with Crippen LogP contribution >= 0.6 is 15.9 Å². The van der Waals surface area contributed by atoms with Gasteiger partial charge in [-0.05, 0) is 50.2 Å². The van der Waals surface area contributed by atoms with Gasteiger partial charge in [0.1, 0.15) is 0 Å². The lowest BCUT2D eigenvalue weighted by Gasteiger charge is -2.14. The molecule has 0 aliphatic rings. The summed E-state index contributed by atoms with van der Waals surface area (Å²) >= 11 is 3.29. The van der Waals surface area contributed by atoms with Crippen molar-refractivity contribution in [3.8, 4) is 0 Å². The van der Waals surface area contributed by atoms with Crippen molar-refractivity contribution in [1.82, 2.24) is 0 Å². The first-order valence-electron chi connectivity index (χ1n) is 7.30. The third kappa shape index (κ3) is 4.87. The fraction of sp³-hybridized carbons (Fsp3) is 0.176. The molecule has 0 bridgehead atoms. The molecular weight excluding hydrogens is 392 g/mol. The van der Waals surface area contributed by atoms with Crippen molar-refractivity contribution in [1.29, 1.82) is 0 Å². The van der Waals surface area contributed by atoms with E-state index in [9.17, 15) is 19.7 Å². The summed E-state index contributed by atoms with van der Waals surface area (Å²) in [5.74, 6) is -1.20. The topological polar surface area (TPSA) is 98.5 Å². The SMILES string of the molecule is Cc1cc(C(=O)O[C@@H](C)C(=O)Nc2ccc(Br)cc2)ccc1[N+](=O)[O-]. The quantitative estimate of drug-likeness (QED) is 0.461. The highest BCUT2D eigenvalue weighted by molar-refractivity contribution is 9.10. The average molecular weight is 407 g/mol. The number of carbonyl (C=O) groups excluding carboxylic acids is 2. The predicted molar refractivity (Wildman–Crippen MR) is 95.5 cm³/mol. The van der Waals surface area contributed by atoms with E-state index in [1.807, 2.05) is 0 Å². The Labute approximate surface area is 152 Å². The lowest BCUT2D eigenvalue weighted by atomic mass is 10.1. The Morgan fingerprint density at radius 3 is 2.40 bits per heavy atom. The number of anilines is 1. The second-order valence-corrected chi connectivity index (χ2v) is 6.22. The molecule has 0 saturated heterocycles. The van der Waals surface area contributed by atoms with Gasteiger partial charge in [0, 0.05) is 21.8 Å². The number of esters is 1. The van der Waals surface area contributed by atoms with Crippen molar-refractivity contribution in [2.24, 2.45) is 0 Å². The van der Waals surface area contributed by atoms with Crippen molar-refractivity contribution >= 4 is 39.2 Å². The maximum atomic E-state index is 12.1. The van der Waals surface area contributed by atoms with E-state index >= 15 is 0 Å². The number of aryl methyl sites for hydroxylation is 1. The van der Waals surface area contributed by atoms with Gasteiger partial charge in [0.15, 0.2) is 6.10 Å². The normalized spacial score (nSPS) is 11.5. The molecule has 2 aromatic rings. The first-order chi connectivity index (χ1) is 11.8. The van der Waals surface area contributed by atoms with Gasteiger partial charge in [-0.25, -0.2) is 4.79 Å². The summed E-state index contributed by atoms with van der Waals surface area (Å²) in [7, 11) is 0. The molecule has 0 aliphatic heterocycles. The highest BCUT2D eigenvalue weighted by atomic mass is 79.9. The summed E-state index contributed by atoms with van der Waals surface area (Å²) in [6, 6.07) is 10.8. The number of nitro benzene ring substituents is 1. The van der Waals surface area contributed by atoms with Gasteiger partial charge in [-0.15, -0.1) is 0 Å². The van der Waals surface area contributed by atoms with Gasteiger partial charge in [0.05, 0.1) is 10.5 Å². The van der Waals surface area contributed by atoms with Crippen LogP contribution in [-0.4, -0.2) is 22.9 Å². The number of carbonyl (C=O) groups is 2. The van der Waals surface area contributed by atoms with E-state index in [2.05, 4.69) is 21.2 Å². The van der Waals surface area contributed by atoms with E-state index in [0.29, 0.717) is 11.3 Å². The molecule has 7 nitrogen and oxygen atoms in total. The van der Waals surface area contributed by atoms with Crippen molar-refractivity contribution in [2.45, 2.75) is 20.0 Å². The highest BCUT2D eigenvalue weighted by Gasteiger charge is 2.20. The van der Waals surface area contributed by atoms with Crippen LogP contribution in [0.5, 0.6) is 0 Å². The number of halogens is 1. The Morgan fingerprint density at radius 2 is 1.84 bits per heavy atom. The van der Waals surface area contributed by atoms with E-state index in [1.54, 1.807) is 24.3 Å². The number of hydrogen-bond donors (Lipinski definition) is 1. The fourth-order valence-corrected chi connectivity index (χ4v) is 2.31. The molecule has 1 amide bonds. The molecule has 0 unspecified atom stereocenters. The molecule has 0 radical (unpaired) electrons. The van der Waals surface area contributed by atoms with Crippen LogP contribution < -0.4 is 5.32 Å². The smallest absolute Gasteiger partial charge is 0.338 e. The third-order valence-electron chi connectivity index (χ3n) is 3.39. The van der Waals surface area contributed by atoms with Crippen LogP contribution in [0.4, 0.5) is 11.4 Å². The fourth-order valence-electron chi connectivity index (χ4n) is 2.05. The largest absolute Gasteiger partial charge is 0.449 e. The number of amides is 1. The molecule has 1 atom stereocenters. The maximum absolute atomic E-state index is 12.1. The molecule has 130 valence electrons. The number of benzene rings is 2. The molecule has 0 aromatic heterocycles. The zero-order chi connectivity index (χ0) is 18.6. The van der Waals surface area contributed by atoms with Gasteiger partial charge in [-0.3, -0.25) is 14.9 Å². The van der Waals surface area contributed by atoms with Crippen LogP contribution in [0, 0.1) is 17.0 Å². The molecular formula is C17H15BrN2O5. The van der Waals surface area contributed by atoms with Gasteiger partial charge in [-0.2, -0.15) is 0 Å². The molecule has 0 aliphatic carbocycles. The predicted octanol–water partition coefficient (Wildman–Crippen LogP) is 3.85. The highest BCUT2D eigenvalue weighted by Crippen LogP contribution is 2.20. The van der Waals surface area contributed by atoms with Crippen LogP contribution in [0.3, 0.4) is 0 Å². The zero-order valence-electron chi connectivity index (χ0n) is 13.5. The monoisotopic (exact) mass is 406 g/mol. The summed E-state index contributed by atoms with van der Waals surface area (Å²) in [6.07, 6.45) is -1.02. The maximum Gasteiger partial charge on any atom is 0.338 e. The Hall–Kier alpha value is -2.74. The summed E-state index contributed by atoms with van der Waals surface area (Å²) < 4.78 is 5.99. The van der Waals surface area contributed by atoms with Crippen LogP contribution in [0.25, 0.3) is 0 Å². The van der Waals surface area contributed by atoms with E-state index in [-0.39, 0.29) is 11.3 Å². The van der Waals surface area contributed by atoms with E-state index < -0.39 is 22.9 Å². The Bertz CT molecular complexity index is 820. The number of rotatable bonds is 5. The van der Waals surface area contributed by atoms with Crippen LogP contribution in [0.1, 0.15) is 22.8 Å². The van der Waals surface area contributed by atoms with E-state index in [1.165, 1.54) is 32.0 Å². The molecule has 1 N–H and O–H groups in total. The van der Waals surface area contributed by atoms with Crippen molar-refractivity contribution in [3.05, 3.63) is 68.2 Å². The van der Waals surface area contributed by atoms with Crippen molar-refractivity contribution in [3.63, 3.8) is 0 Å². The number of hydrogen-bond acceptors (Lipinski definition) is 5. The lowest BCUT2D eigenvalue weighted by molar-refractivity contribution is -0.385. The Morgan fingerprint density at radius 1 is 1.20 bits per heavy atom. The molecule has 0 spiro atoms. The molecule has 0 heterocycles. The minimum Gasteiger partial charge on any atom is -0.449 e. The molecule has 2 rings (SSSR count). The number of nitrogens with one attached hydrogen (secondary N) is 1. The number of nitro groups is 1. The van der Waals surface area contributed by atoms with Crippen LogP contribution in [-0.2, 0) is 9.53 Å². The molecule has 0 saturated carbocycles. The van der Waals surface area contributed by atoms with E-state index in [0.717, 1.165) is 4.47 Å². The minimum absolute atomic E-state index is 0.0856. The van der Waals surface area contributed by atoms with Gasteiger partial charge in [0.2, 0.25) is 0 Å². The molecule has 8 heteroatoms. The zero-order valence-corrected chi connectivity index (χ0v) is 15.1. The second-order valence-electron chi connectivity index (χ2n) is 5.30. The number of ether oxygens (including phenoxy) is 1. The number of nitrogens with zero attached hydrogens (tertiary/aromatic N) is 1. The average Bonchev–Trinajstić information content (AvgIpc) is 2.56. The molecule has 2 aromatic carbocycles. The standard InChI is InChI=1S/C17H15BrN2O5/c1-10-9-12(3-8-15(10)20(23)24)17(22)25-11(2)16(21)19-14-6-4-13(18)5-7-14/h3-9,11H,1-2H3,(H,19,21)/t11-/m0/s1. The van der Waals surface area contributed by atoms with Crippen LogP contribution in [0.2, 0.25) is 0 Å². The van der Waals surface area contributed by atoms with Crippen LogP contribution in [0.15, 0.2) is 46.9 Å². The summed E-state index contributed by atoms with van der Waals surface area (Å²) in [5.41, 5.74) is 0.970. The second kappa shape index (κ2) is 7.89. The van der Waals surface area contributed by atoms with Crippen molar-refractivity contribution < 1.29 is 19.2 Å². The Balaban J connectivity index is 2.01. The molecule has 0 fully saturated rings. The Kier molecular flexibility index (Phi) is 5.87. The van der Waals surface area contributed by atoms with Gasteiger partial charge < -0.3 is 10.1 Å². The first kappa shape index (κ1) is 18.6. The summed E-state index contributed by atoms with van der Waals surface area (Å²) in [4.78, 5) is 34.5. The summed E-state index contributed by atoms with van der Waals surface area (Å²) in [6.45, 7) is 2.98. The van der Waals surface area contributed by atoms with Gasteiger partial charge in [-0.1, -0.05) is 15.9 Å². The lowest BCUT2D eigenvalue weighted by Crippen LogP contribution is -2.30. The van der Waals surface area contributed by atoms with Crippen molar-refractivity contribution in [2.75, 3.05) is 5.32 Å². The molecule has 25 heavy (non-hydrogen) atoms. The van der Waals surface area contributed by atoms with Gasteiger partial charge >= 0.3 is 5.97 Å². The van der Waals surface area contributed by atoms with Gasteiger partial charge in [0.25, 0.3) is 11.6 Å². The van der Waals surface area contributed by atoms with E-state index in [4.69, 9.17) is 4.74 Å². The summed E-state index contributed by atoms with van der Waals surface area (Å²) in [5, 5.41) is 13.4. The third-order valence-corrected chi connectivity index (χ3v) is 3.92. The minimum atomic E-state index is -1.02. The first-order valence-corrected chi connectivity index (χ1v) is 8.09.